The van der Waals surface area contributed by atoms with Gasteiger partial charge in [-0.1, -0.05) is 6.92 Å². The molecule has 70 valence electrons. The zero-order chi connectivity index (χ0) is 8.66. The lowest BCUT2D eigenvalue weighted by Gasteiger charge is -2.42. The van der Waals surface area contributed by atoms with E-state index in [1.165, 1.54) is 0 Å². The summed E-state index contributed by atoms with van der Waals surface area (Å²) < 4.78 is 5.16. The van der Waals surface area contributed by atoms with Gasteiger partial charge in [0.2, 0.25) is 0 Å². The molecule has 0 saturated carbocycles. The van der Waals surface area contributed by atoms with Crippen LogP contribution >= 0.6 is 0 Å². The largest absolute Gasteiger partial charge is 0.388 e. The van der Waals surface area contributed by atoms with Crippen molar-refractivity contribution in [1.82, 2.24) is 5.32 Å². The average molecular weight is 171 g/mol. The Hall–Kier alpha value is -0.120. The molecule has 2 aliphatic heterocycles. The van der Waals surface area contributed by atoms with Crippen LogP contribution in [-0.4, -0.2) is 37.0 Å². The molecule has 0 aromatic heterocycles. The lowest BCUT2D eigenvalue weighted by molar-refractivity contribution is -0.137. The van der Waals surface area contributed by atoms with E-state index in [2.05, 4.69) is 12.2 Å². The molecule has 12 heavy (non-hydrogen) atoms. The molecule has 0 aromatic rings. The van der Waals surface area contributed by atoms with Crippen LogP contribution in [0.25, 0.3) is 0 Å². The highest BCUT2D eigenvalue weighted by atomic mass is 16.5. The maximum atomic E-state index is 10.1. The van der Waals surface area contributed by atoms with Gasteiger partial charge in [0.25, 0.3) is 0 Å². The van der Waals surface area contributed by atoms with Crippen LogP contribution in [0.2, 0.25) is 0 Å². The first-order valence-electron chi connectivity index (χ1n) is 4.63. The number of ether oxygens (including phenoxy) is 1. The normalized spacial score (nSPS) is 39.5. The van der Waals surface area contributed by atoms with Crippen molar-refractivity contribution >= 4 is 0 Å². The first kappa shape index (κ1) is 8.48. The highest BCUT2D eigenvalue weighted by molar-refractivity contribution is 4.95. The van der Waals surface area contributed by atoms with Crippen molar-refractivity contribution in [2.75, 3.05) is 26.3 Å². The van der Waals surface area contributed by atoms with E-state index in [1.807, 2.05) is 0 Å². The molecule has 2 heterocycles. The van der Waals surface area contributed by atoms with Gasteiger partial charge in [0.1, 0.15) is 0 Å². The van der Waals surface area contributed by atoms with Crippen molar-refractivity contribution in [3.05, 3.63) is 0 Å². The van der Waals surface area contributed by atoms with E-state index in [0.29, 0.717) is 0 Å². The van der Waals surface area contributed by atoms with E-state index in [9.17, 15) is 5.11 Å². The Morgan fingerprint density at radius 2 is 2.25 bits per heavy atom. The van der Waals surface area contributed by atoms with Crippen LogP contribution in [0.1, 0.15) is 19.8 Å². The molecule has 0 aromatic carbocycles. The quantitative estimate of drug-likeness (QED) is 0.621. The number of β-amino-alcohol motifs (C(OH)–C–C–N with tert-alkyl or cyclic N) is 1. The summed E-state index contributed by atoms with van der Waals surface area (Å²) in [6.07, 6.45) is 1.77. The van der Waals surface area contributed by atoms with Gasteiger partial charge >= 0.3 is 0 Å². The molecule has 3 nitrogen and oxygen atoms in total. The predicted octanol–water partition coefficient (Wildman–Crippen LogP) is 0.137. The van der Waals surface area contributed by atoms with Crippen molar-refractivity contribution in [2.45, 2.75) is 25.4 Å². The molecule has 0 amide bonds. The maximum absolute atomic E-state index is 10.1. The van der Waals surface area contributed by atoms with E-state index in [1.54, 1.807) is 0 Å². The molecule has 0 aliphatic carbocycles. The number of nitrogens with one attached hydrogen (secondary N) is 1. The zero-order valence-corrected chi connectivity index (χ0v) is 7.60. The van der Waals surface area contributed by atoms with Crippen LogP contribution < -0.4 is 5.32 Å². The fraction of sp³-hybridized carbons (Fsp3) is 1.00. The lowest BCUT2D eigenvalue weighted by Crippen LogP contribution is -2.47. The molecular formula is C9H17NO2. The Balaban J connectivity index is 1.92. The maximum Gasteiger partial charge on any atom is 0.0790 e. The monoisotopic (exact) mass is 171 g/mol. The standard InChI is InChI=1S/C9H17NO2/c1-8(6-12-7-8)4-9(11)2-3-10-5-9/h10-11H,2-7H2,1H3. The molecule has 2 rings (SSSR count). The third-order valence-electron chi connectivity index (χ3n) is 2.88. The predicted molar refractivity (Wildman–Crippen MR) is 46.0 cm³/mol. The van der Waals surface area contributed by atoms with Crippen LogP contribution in [0.15, 0.2) is 0 Å². The first-order valence-corrected chi connectivity index (χ1v) is 4.63. The fourth-order valence-electron chi connectivity index (χ4n) is 2.23. The second-order valence-electron chi connectivity index (χ2n) is 4.63. The van der Waals surface area contributed by atoms with Gasteiger partial charge in [-0.2, -0.15) is 0 Å². The molecule has 1 unspecified atom stereocenters. The molecule has 0 radical (unpaired) electrons. The SMILES string of the molecule is CC1(CC2(O)CCNC2)COC1. The summed E-state index contributed by atoms with van der Waals surface area (Å²) in [5.41, 5.74) is -0.223. The fourth-order valence-corrected chi connectivity index (χ4v) is 2.23. The Bertz CT molecular complexity index is 171. The molecule has 2 N–H and O–H groups in total. The van der Waals surface area contributed by atoms with Crippen molar-refractivity contribution < 1.29 is 9.84 Å². The van der Waals surface area contributed by atoms with Gasteiger partial charge in [-0.3, -0.25) is 0 Å². The average Bonchev–Trinajstić information content (AvgIpc) is 2.33. The number of hydrogen-bond donors (Lipinski definition) is 2. The summed E-state index contributed by atoms with van der Waals surface area (Å²) >= 11 is 0. The molecular weight excluding hydrogens is 154 g/mol. The topological polar surface area (TPSA) is 41.5 Å². The highest BCUT2D eigenvalue weighted by Crippen LogP contribution is 2.37. The third-order valence-corrected chi connectivity index (χ3v) is 2.88. The van der Waals surface area contributed by atoms with Crippen molar-refractivity contribution in [2.24, 2.45) is 5.41 Å². The summed E-state index contributed by atoms with van der Waals surface area (Å²) in [5, 5.41) is 13.3. The van der Waals surface area contributed by atoms with Gasteiger partial charge in [-0.25, -0.2) is 0 Å². The molecule has 3 heteroatoms. The summed E-state index contributed by atoms with van der Waals surface area (Å²) in [5.74, 6) is 0. The second-order valence-corrected chi connectivity index (χ2v) is 4.63. The smallest absolute Gasteiger partial charge is 0.0790 e. The molecule has 2 saturated heterocycles. The van der Waals surface area contributed by atoms with Crippen molar-refractivity contribution in [1.29, 1.82) is 0 Å². The molecule has 0 spiro atoms. The highest BCUT2D eigenvalue weighted by Gasteiger charge is 2.43. The van der Waals surface area contributed by atoms with Crippen molar-refractivity contribution in [3.63, 3.8) is 0 Å². The molecule has 2 aliphatic rings. The number of hydrogen-bond acceptors (Lipinski definition) is 3. The summed E-state index contributed by atoms with van der Waals surface area (Å²) in [7, 11) is 0. The number of rotatable bonds is 2. The van der Waals surface area contributed by atoms with Crippen molar-refractivity contribution in [3.8, 4) is 0 Å². The van der Waals surface area contributed by atoms with Gasteiger partial charge in [-0.05, 0) is 19.4 Å². The Morgan fingerprint density at radius 3 is 2.67 bits per heavy atom. The van der Waals surface area contributed by atoms with E-state index in [4.69, 9.17) is 4.74 Å². The van der Waals surface area contributed by atoms with Crippen LogP contribution in [0.5, 0.6) is 0 Å². The van der Waals surface area contributed by atoms with Crippen LogP contribution in [0.4, 0.5) is 0 Å². The Labute approximate surface area is 73.1 Å². The minimum atomic E-state index is -0.460. The molecule has 0 bridgehead atoms. The summed E-state index contributed by atoms with van der Waals surface area (Å²) in [4.78, 5) is 0. The minimum Gasteiger partial charge on any atom is -0.388 e. The Kier molecular flexibility index (Phi) is 1.90. The van der Waals surface area contributed by atoms with E-state index in [-0.39, 0.29) is 5.41 Å². The molecule has 1 atom stereocenters. The zero-order valence-electron chi connectivity index (χ0n) is 7.60. The van der Waals surface area contributed by atoms with Gasteiger partial charge in [-0.15, -0.1) is 0 Å². The van der Waals surface area contributed by atoms with Crippen LogP contribution in [0.3, 0.4) is 0 Å². The van der Waals surface area contributed by atoms with Gasteiger partial charge in [0.05, 0.1) is 18.8 Å². The number of aliphatic hydroxyl groups is 1. The summed E-state index contributed by atoms with van der Waals surface area (Å²) in [6, 6.07) is 0. The first-order chi connectivity index (χ1) is 5.62. The summed E-state index contributed by atoms with van der Waals surface area (Å²) in [6.45, 7) is 5.52. The van der Waals surface area contributed by atoms with Crippen LogP contribution in [-0.2, 0) is 4.74 Å². The Morgan fingerprint density at radius 1 is 1.50 bits per heavy atom. The van der Waals surface area contributed by atoms with E-state index >= 15 is 0 Å². The third kappa shape index (κ3) is 1.49. The second kappa shape index (κ2) is 2.69. The van der Waals surface area contributed by atoms with Gasteiger partial charge in [0.15, 0.2) is 0 Å². The van der Waals surface area contributed by atoms with E-state index in [0.717, 1.165) is 39.1 Å². The van der Waals surface area contributed by atoms with Crippen LogP contribution in [0, 0.1) is 5.41 Å². The van der Waals surface area contributed by atoms with Gasteiger partial charge in [0, 0.05) is 12.0 Å². The van der Waals surface area contributed by atoms with E-state index < -0.39 is 5.60 Å². The molecule has 2 fully saturated rings. The minimum absolute atomic E-state index is 0.237. The lowest BCUT2D eigenvalue weighted by atomic mass is 9.77. The van der Waals surface area contributed by atoms with Gasteiger partial charge < -0.3 is 15.2 Å².